The molecule has 1 N–H and O–H groups in total. The maximum atomic E-state index is 11.3. The van der Waals surface area contributed by atoms with E-state index in [-0.39, 0.29) is 11.9 Å². The summed E-state index contributed by atoms with van der Waals surface area (Å²) in [6.07, 6.45) is 3.41. The molecule has 7 heteroatoms. The second-order valence-electron chi connectivity index (χ2n) is 6.28. The Labute approximate surface area is 138 Å². The SMILES string of the molecule is O=C1CC[C@@H](c2nc(C3CCN(Cc4cccs4)CC3)no2)N1. The predicted molar refractivity (Wildman–Crippen MR) is 86.0 cm³/mol. The smallest absolute Gasteiger partial charge is 0.249 e. The van der Waals surface area contributed by atoms with Crippen LogP contribution in [0.5, 0.6) is 0 Å². The van der Waals surface area contributed by atoms with E-state index >= 15 is 0 Å². The van der Waals surface area contributed by atoms with Crippen LogP contribution in [0.3, 0.4) is 0 Å². The molecule has 0 saturated carbocycles. The van der Waals surface area contributed by atoms with Gasteiger partial charge in [0.1, 0.15) is 6.04 Å². The number of aromatic nitrogens is 2. The third kappa shape index (κ3) is 3.30. The van der Waals surface area contributed by atoms with Crippen LogP contribution >= 0.6 is 11.3 Å². The highest BCUT2D eigenvalue weighted by atomic mass is 32.1. The zero-order chi connectivity index (χ0) is 15.6. The summed E-state index contributed by atoms with van der Waals surface area (Å²) in [5.74, 6) is 1.80. The number of amides is 1. The number of carbonyl (C=O) groups excluding carboxylic acids is 1. The van der Waals surface area contributed by atoms with Crippen LogP contribution < -0.4 is 5.32 Å². The highest BCUT2D eigenvalue weighted by molar-refractivity contribution is 7.09. The molecule has 1 atom stereocenters. The number of hydrogen-bond donors (Lipinski definition) is 1. The van der Waals surface area contributed by atoms with Crippen LogP contribution in [0.4, 0.5) is 0 Å². The van der Waals surface area contributed by atoms with E-state index in [1.165, 1.54) is 4.88 Å². The fraction of sp³-hybridized carbons (Fsp3) is 0.562. The van der Waals surface area contributed by atoms with Crippen molar-refractivity contribution < 1.29 is 9.32 Å². The third-order valence-corrected chi connectivity index (χ3v) is 5.52. The van der Waals surface area contributed by atoms with Crippen LogP contribution in [-0.4, -0.2) is 34.0 Å². The standard InChI is InChI=1S/C16H20N4O2S/c21-14-4-3-13(17-14)16-18-15(19-22-16)11-5-7-20(8-6-11)10-12-2-1-9-23-12/h1-2,9,11,13H,3-8,10H2,(H,17,21)/t13-/m0/s1. The molecule has 0 aliphatic carbocycles. The summed E-state index contributed by atoms with van der Waals surface area (Å²) in [5, 5.41) is 9.16. The van der Waals surface area contributed by atoms with Crippen molar-refractivity contribution in [2.45, 2.75) is 44.2 Å². The largest absolute Gasteiger partial charge is 0.344 e. The van der Waals surface area contributed by atoms with Gasteiger partial charge in [0.25, 0.3) is 0 Å². The van der Waals surface area contributed by atoms with Crippen molar-refractivity contribution in [1.82, 2.24) is 20.4 Å². The van der Waals surface area contributed by atoms with Crippen molar-refractivity contribution in [2.75, 3.05) is 13.1 Å². The highest BCUT2D eigenvalue weighted by Crippen LogP contribution is 2.29. The van der Waals surface area contributed by atoms with Crippen molar-refractivity contribution in [3.05, 3.63) is 34.1 Å². The Morgan fingerprint density at radius 2 is 2.22 bits per heavy atom. The number of rotatable bonds is 4. The molecule has 122 valence electrons. The predicted octanol–water partition coefficient (Wildman–Crippen LogP) is 2.46. The second kappa shape index (κ2) is 6.41. The summed E-state index contributed by atoms with van der Waals surface area (Å²) >= 11 is 1.82. The lowest BCUT2D eigenvalue weighted by molar-refractivity contribution is -0.119. The first-order valence-electron chi connectivity index (χ1n) is 8.15. The summed E-state index contributed by atoms with van der Waals surface area (Å²) in [6.45, 7) is 3.16. The number of thiophene rings is 1. The van der Waals surface area contributed by atoms with Crippen LogP contribution in [0, 0.1) is 0 Å². The van der Waals surface area contributed by atoms with E-state index in [2.05, 4.69) is 37.9 Å². The first-order chi connectivity index (χ1) is 11.3. The number of piperidine rings is 1. The minimum atomic E-state index is -0.0948. The van der Waals surface area contributed by atoms with Gasteiger partial charge in [-0.25, -0.2) is 0 Å². The van der Waals surface area contributed by atoms with E-state index in [4.69, 9.17) is 4.52 Å². The van der Waals surface area contributed by atoms with Gasteiger partial charge in [-0.15, -0.1) is 11.3 Å². The molecule has 2 saturated heterocycles. The van der Waals surface area contributed by atoms with Crippen molar-refractivity contribution in [3.63, 3.8) is 0 Å². The van der Waals surface area contributed by atoms with Gasteiger partial charge < -0.3 is 9.84 Å². The van der Waals surface area contributed by atoms with Crippen LogP contribution in [0.1, 0.15) is 54.2 Å². The number of likely N-dealkylation sites (tertiary alicyclic amines) is 1. The molecule has 2 fully saturated rings. The average Bonchev–Trinajstić information content (AvgIpc) is 3.29. The molecule has 2 aliphatic rings. The third-order valence-electron chi connectivity index (χ3n) is 4.66. The lowest BCUT2D eigenvalue weighted by Crippen LogP contribution is -2.32. The fourth-order valence-corrected chi connectivity index (χ4v) is 4.07. The molecule has 23 heavy (non-hydrogen) atoms. The molecule has 2 aromatic heterocycles. The van der Waals surface area contributed by atoms with Crippen molar-refractivity contribution in [1.29, 1.82) is 0 Å². The molecule has 0 unspecified atom stereocenters. The molecular weight excluding hydrogens is 312 g/mol. The number of carbonyl (C=O) groups is 1. The molecule has 2 aromatic rings. The fourth-order valence-electron chi connectivity index (χ4n) is 3.33. The highest BCUT2D eigenvalue weighted by Gasteiger charge is 2.30. The molecular formula is C16H20N4O2S. The summed E-state index contributed by atoms with van der Waals surface area (Å²) in [5.41, 5.74) is 0. The molecule has 4 rings (SSSR count). The zero-order valence-electron chi connectivity index (χ0n) is 12.9. The molecule has 1 amide bonds. The Bertz CT molecular complexity index is 661. The summed E-state index contributed by atoms with van der Waals surface area (Å²) in [7, 11) is 0. The maximum Gasteiger partial charge on any atom is 0.249 e. The quantitative estimate of drug-likeness (QED) is 0.931. The van der Waals surface area contributed by atoms with Crippen molar-refractivity contribution in [3.8, 4) is 0 Å². The summed E-state index contributed by atoms with van der Waals surface area (Å²) in [4.78, 5) is 19.7. The first-order valence-corrected chi connectivity index (χ1v) is 9.03. The topological polar surface area (TPSA) is 71.3 Å². The van der Waals surface area contributed by atoms with E-state index in [0.29, 0.717) is 18.2 Å². The zero-order valence-corrected chi connectivity index (χ0v) is 13.7. The average molecular weight is 332 g/mol. The number of nitrogens with one attached hydrogen (secondary N) is 1. The van der Waals surface area contributed by atoms with Gasteiger partial charge in [-0.3, -0.25) is 9.69 Å². The van der Waals surface area contributed by atoms with Crippen LogP contribution in [-0.2, 0) is 11.3 Å². The minimum absolute atomic E-state index is 0.0663. The number of nitrogens with zero attached hydrogens (tertiary/aromatic N) is 3. The molecule has 4 heterocycles. The van der Waals surface area contributed by atoms with Crippen LogP contribution in [0.15, 0.2) is 22.0 Å². The summed E-state index contributed by atoms with van der Waals surface area (Å²) in [6, 6.07) is 4.20. The Morgan fingerprint density at radius 1 is 1.35 bits per heavy atom. The van der Waals surface area contributed by atoms with E-state index in [1.807, 2.05) is 11.3 Å². The Balaban J connectivity index is 1.33. The summed E-state index contributed by atoms with van der Waals surface area (Å²) < 4.78 is 5.37. The van der Waals surface area contributed by atoms with Gasteiger partial charge in [0.15, 0.2) is 5.82 Å². The first kappa shape index (κ1) is 14.8. The van der Waals surface area contributed by atoms with Gasteiger partial charge in [0.05, 0.1) is 0 Å². The second-order valence-corrected chi connectivity index (χ2v) is 7.31. The van der Waals surface area contributed by atoms with E-state index < -0.39 is 0 Å². The molecule has 0 bridgehead atoms. The number of hydrogen-bond acceptors (Lipinski definition) is 6. The van der Waals surface area contributed by atoms with E-state index in [0.717, 1.165) is 44.7 Å². The van der Waals surface area contributed by atoms with E-state index in [1.54, 1.807) is 0 Å². The van der Waals surface area contributed by atoms with Gasteiger partial charge in [0, 0.05) is 23.8 Å². The van der Waals surface area contributed by atoms with Crippen molar-refractivity contribution >= 4 is 17.2 Å². The Hall–Kier alpha value is -1.73. The van der Waals surface area contributed by atoms with Crippen LogP contribution in [0.25, 0.3) is 0 Å². The molecule has 0 aromatic carbocycles. The lowest BCUT2D eigenvalue weighted by atomic mass is 9.96. The molecule has 6 nitrogen and oxygen atoms in total. The molecule has 2 aliphatic heterocycles. The van der Waals surface area contributed by atoms with Gasteiger partial charge in [-0.2, -0.15) is 4.98 Å². The molecule has 0 spiro atoms. The van der Waals surface area contributed by atoms with Gasteiger partial charge in [0.2, 0.25) is 11.8 Å². The molecule has 0 radical (unpaired) electrons. The Morgan fingerprint density at radius 3 is 2.91 bits per heavy atom. The minimum Gasteiger partial charge on any atom is -0.344 e. The monoisotopic (exact) mass is 332 g/mol. The van der Waals surface area contributed by atoms with Gasteiger partial charge >= 0.3 is 0 Å². The normalized spacial score (nSPS) is 23.3. The maximum absolute atomic E-state index is 11.3. The van der Waals surface area contributed by atoms with Crippen molar-refractivity contribution in [2.24, 2.45) is 0 Å². The lowest BCUT2D eigenvalue weighted by Gasteiger charge is -2.30. The van der Waals surface area contributed by atoms with E-state index in [9.17, 15) is 4.79 Å². The van der Waals surface area contributed by atoms with Gasteiger partial charge in [-0.1, -0.05) is 11.2 Å². The Kier molecular flexibility index (Phi) is 4.13. The van der Waals surface area contributed by atoms with Gasteiger partial charge in [-0.05, 0) is 43.8 Å². The van der Waals surface area contributed by atoms with Crippen LogP contribution in [0.2, 0.25) is 0 Å².